The van der Waals surface area contributed by atoms with Gasteiger partial charge in [0.25, 0.3) is 0 Å². The number of rotatable bonds is 9. The molecule has 132 valence electrons. The molecule has 26 heavy (non-hydrogen) atoms. The highest BCUT2D eigenvalue weighted by Gasteiger charge is 2.14. The predicted molar refractivity (Wildman–Crippen MR) is 105 cm³/mol. The largest absolute Gasteiger partial charge is 0.487 e. The first kappa shape index (κ1) is 17.7. The topological polar surface area (TPSA) is 31.2 Å². The van der Waals surface area contributed by atoms with Gasteiger partial charge in [-0.3, -0.25) is 4.79 Å². The quantitative estimate of drug-likeness (QED) is 0.391. The lowest BCUT2D eigenvalue weighted by Crippen LogP contribution is -2.09. The summed E-state index contributed by atoms with van der Waals surface area (Å²) in [5.74, 6) is 0.821. The van der Waals surface area contributed by atoms with Gasteiger partial charge in [0.15, 0.2) is 5.78 Å². The first-order valence-corrected chi connectivity index (χ1v) is 8.81. The van der Waals surface area contributed by atoms with Gasteiger partial charge >= 0.3 is 0 Å². The van der Waals surface area contributed by atoms with Crippen LogP contribution >= 0.6 is 0 Å². The average molecular weight is 345 g/mol. The Morgan fingerprint density at radius 2 is 1.65 bits per heavy atom. The Labute approximate surface area is 154 Å². The van der Waals surface area contributed by atoms with Gasteiger partial charge in [-0.15, -0.1) is 6.58 Å². The molecule has 0 radical (unpaired) electrons. The van der Waals surface area contributed by atoms with Crippen molar-refractivity contribution in [3.8, 4) is 5.75 Å². The Morgan fingerprint density at radius 3 is 2.31 bits per heavy atom. The molecule has 0 aliphatic rings. The van der Waals surface area contributed by atoms with Crippen LogP contribution in [0.2, 0.25) is 0 Å². The summed E-state index contributed by atoms with van der Waals surface area (Å²) in [4.78, 5) is 12.6. The second-order valence-electron chi connectivity index (χ2n) is 6.20. The molecule has 0 amide bonds. The number of nitrogens with zero attached hydrogens (tertiary/aromatic N) is 1. The number of hydrogen-bond donors (Lipinski definition) is 0. The standard InChI is InChI=1S/C23H23NO2/c1-2-3-14-23(25)22-15-21(26-18-20-12-8-5-9-13-20)17-24(22)16-19-10-6-4-7-11-19/h2,4-13,15,17H,1,3,14,16,18H2. The molecule has 3 rings (SSSR count). The zero-order valence-electron chi connectivity index (χ0n) is 14.8. The van der Waals surface area contributed by atoms with Crippen LogP contribution in [0.5, 0.6) is 5.75 Å². The molecule has 0 atom stereocenters. The Hall–Kier alpha value is -3.07. The van der Waals surface area contributed by atoms with Crippen LogP contribution in [0.3, 0.4) is 0 Å². The fourth-order valence-electron chi connectivity index (χ4n) is 2.81. The molecular weight excluding hydrogens is 322 g/mol. The van der Waals surface area contributed by atoms with E-state index in [2.05, 4.69) is 18.7 Å². The second kappa shape index (κ2) is 8.86. The van der Waals surface area contributed by atoms with E-state index in [-0.39, 0.29) is 5.78 Å². The highest BCUT2D eigenvalue weighted by atomic mass is 16.5. The minimum atomic E-state index is 0.107. The van der Waals surface area contributed by atoms with Gasteiger partial charge in [-0.05, 0) is 17.5 Å². The van der Waals surface area contributed by atoms with Crippen LogP contribution in [0.4, 0.5) is 0 Å². The molecule has 0 aliphatic carbocycles. The summed E-state index contributed by atoms with van der Waals surface area (Å²) in [5, 5.41) is 0. The smallest absolute Gasteiger partial charge is 0.179 e. The molecule has 0 spiro atoms. The van der Waals surface area contributed by atoms with Crippen LogP contribution in [0.15, 0.2) is 85.6 Å². The Balaban J connectivity index is 1.79. The van der Waals surface area contributed by atoms with Crippen molar-refractivity contribution in [3.63, 3.8) is 0 Å². The Bertz CT molecular complexity index is 850. The van der Waals surface area contributed by atoms with Crippen LogP contribution in [0.1, 0.15) is 34.5 Å². The zero-order valence-corrected chi connectivity index (χ0v) is 14.8. The lowest BCUT2D eigenvalue weighted by atomic mass is 10.1. The number of carbonyl (C=O) groups excluding carboxylic acids is 1. The van der Waals surface area contributed by atoms with Gasteiger partial charge < -0.3 is 9.30 Å². The lowest BCUT2D eigenvalue weighted by Gasteiger charge is -2.08. The van der Waals surface area contributed by atoms with Crippen LogP contribution in [-0.4, -0.2) is 10.4 Å². The number of aromatic nitrogens is 1. The fraction of sp³-hybridized carbons (Fsp3) is 0.174. The molecule has 3 aromatic rings. The maximum absolute atomic E-state index is 12.6. The van der Waals surface area contributed by atoms with Gasteiger partial charge in [0.1, 0.15) is 12.4 Å². The minimum Gasteiger partial charge on any atom is -0.487 e. The molecule has 1 heterocycles. The normalized spacial score (nSPS) is 10.5. The van der Waals surface area contributed by atoms with Gasteiger partial charge in [-0.1, -0.05) is 66.7 Å². The van der Waals surface area contributed by atoms with Crippen molar-refractivity contribution in [1.29, 1.82) is 0 Å². The third-order valence-corrected chi connectivity index (χ3v) is 4.18. The third kappa shape index (κ3) is 4.73. The summed E-state index contributed by atoms with van der Waals surface area (Å²) >= 11 is 0. The van der Waals surface area contributed by atoms with Crippen molar-refractivity contribution in [2.75, 3.05) is 0 Å². The summed E-state index contributed by atoms with van der Waals surface area (Å²) in [6, 6.07) is 22.0. The van der Waals surface area contributed by atoms with Crippen molar-refractivity contribution in [2.45, 2.75) is 26.0 Å². The van der Waals surface area contributed by atoms with E-state index in [4.69, 9.17) is 4.74 Å². The molecule has 0 unspecified atom stereocenters. The van der Waals surface area contributed by atoms with Crippen molar-refractivity contribution >= 4 is 5.78 Å². The second-order valence-corrected chi connectivity index (χ2v) is 6.20. The molecule has 2 aromatic carbocycles. The summed E-state index contributed by atoms with van der Waals surface area (Å²) in [5.41, 5.74) is 2.93. The van der Waals surface area contributed by atoms with Crippen molar-refractivity contribution < 1.29 is 9.53 Å². The number of allylic oxidation sites excluding steroid dienone is 1. The first-order valence-electron chi connectivity index (χ1n) is 8.81. The van der Waals surface area contributed by atoms with E-state index in [0.717, 1.165) is 11.1 Å². The van der Waals surface area contributed by atoms with Gasteiger partial charge in [0, 0.05) is 25.2 Å². The van der Waals surface area contributed by atoms with Crippen LogP contribution in [0, 0.1) is 0 Å². The molecule has 1 aromatic heterocycles. The first-order chi connectivity index (χ1) is 12.8. The summed E-state index contributed by atoms with van der Waals surface area (Å²) < 4.78 is 7.89. The van der Waals surface area contributed by atoms with Crippen LogP contribution in [-0.2, 0) is 13.2 Å². The maximum atomic E-state index is 12.6. The summed E-state index contributed by atoms with van der Waals surface area (Å²) in [7, 11) is 0. The van der Waals surface area contributed by atoms with E-state index in [1.165, 1.54) is 0 Å². The number of ketones is 1. The fourth-order valence-corrected chi connectivity index (χ4v) is 2.81. The zero-order chi connectivity index (χ0) is 18.2. The predicted octanol–water partition coefficient (Wildman–Crippen LogP) is 5.26. The number of benzene rings is 2. The SMILES string of the molecule is C=CCCC(=O)c1cc(OCc2ccccc2)cn1Cc1ccccc1. The Kier molecular flexibility index (Phi) is 6.05. The highest BCUT2D eigenvalue weighted by molar-refractivity contribution is 5.95. The molecular formula is C23H23NO2. The summed E-state index contributed by atoms with van der Waals surface area (Å²) in [6.07, 6.45) is 4.82. The Morgan fingerprint density at radius 1 is 1.00 bits per heavy atom. The van der Waals surface area contributed by atoms with Crippen LogP contribution in [0.25, 0.3) is 0 Å². The highest BCUT2D eigenvalue weighted by Crippen LogP contribution is 2.21. The van der Waals surface area contributed by atoms with Gasteiger partial charge in [0.05, 0.1) is 5.69 Å². The van der Waals surface area contributed by atoms with Crippen molar-refractivity contribution in [1.82, 2.24) is 4.57 Å². The molecule has 0 bridgehead atoms. The van der Waals surface area contributed by atoms with Gasteiger partial charge in [0.2, 0.25) is 0 Å². The molecule has 3 nitrogen and oxygen atoms in total. The van der Waals surface area contributed by atoms with E-state index >= 15 is 0 Å². The van der Waals surface area contributed by atoms with E-state index in [1.807, 2.05) is 65.4 Å². The minimum absolute atomic E-state index is 0.107. The number of ether oxygens (including phenoxy) is 1. The molecule has 3 heteroatoms. The van der Waals surface area contributed by atoms with Crippen LogP contribution < -0.4 is 4.74 Å². The third-order valence-electron chi connectivity index (χ3n) is 4.18. The number of hydrogen-bond acceptors (Lipinski definition) is 2. The average Bonchev–Trinajstić information content (AvgIpc) is 3.09. The van der Waals surface area contributed by atoms with Crippen molar-refractivity contribution in [2.24, 2.45) is 0 Å². The molecule has 0 N–H and O–H groups in total. The monoisotopic (exact) mass is 345 g/mol. The van der Waals surface area contributed by atoms with E-state index in [9.17, 15) is 4.79 Å². The van der Waals surface area contributed by atoms with Gasteiger partial charge in [-0.2, -0.15) is 0 Å². The summed E-state index contributed by atoms with van der Waals surface area (Å²) in [6.45, 7) is 4.83. The molecule has 0 fully saturated rings. The van der Waals surface area contributed by atoms with Crippen molar-refractivity contribution in [3.05, 3.63) is 102 Å². The van der Waals surface area contributed by atoms with E-state index in [1.54, 1.807) is 6.08 Å². The van der Waals surface area contributed by atoms with E-state index < -0.39 is 0 Å². The van der Waals surface area contributed by atoms with E-state index in [0.29, 0.717) is 37.4 Å². The molecule has 0 saturated carbocycles. The van der Waals surface area contributed by atoms with Gasteiger partial charge in [-0.25, -0.2) is 0 Å². The molecule has 0 aliphatic heterocycles. The number of carbonyl (C=O) groups is 1. The lowest BCUT2D eigenvalue weighted by molar-refractivity contribution is 0.0975. The molecule has 0 saturated heterocycles. The number of Topliss-reactive ketones (excluding diaryl/α,β-unsaturated/α-hetero) is 1. The maximum Gasteiger partial charge on any atom is 0.179 e.